The Morgan fingerprint density at radius 2 is 1.83 bits per heavy atom. The second kappa shape index (κ2) is 15.1. The molecule has 0 saturated carbocycles. The van der Waals surface area contributed by atoms with Gasteiger partial charge >= 0.3 is 0 Å². The molecule has 164 valence electrons. The highest BCUT2D eigenvalue weighted by Crippen LogP contribution is 2.17. The summed E-state index contributed by atoms with van der Waals surface area (Å²) in [5.74, 6) is 0.969. The zero-order chi connectivity index (χ0) is 20.9. The Morgan fingerprint density at radius 1 is 1.07 bits per heavy atom. The van der Waals surface area contributed by atoms with Crippen molar-refractivity contribution in [3.05, 3.63) is 71.0 Å². The molecule has 0 aliphatic carbocycles. The number of thioether (sulfide) groups is 1. The summed E-state index contributed by atoms with van der Waals surface area (Å²) in [6.45, 7) is 3.80. The SMILES string of the molecule is CCNC(=NCc1ccc(F)cc1CSC)NCC(=O)NCCc1ccccc1.I. The number of hydrogen-bond acceptors (Lipinski definition) is 3. The fourth-order valence-electron chi connectivity index (χ4n) is 2.76. The largest absolute Gasteiger partial charge is 0.357 e. The Bertz CT molecular complexity index is 805. The summed E-state index contributed by atoms with van der Waals surface area (Å²) >= 11 is 1.64. The first-order valence-electron chi connectivity index (χ1n) is 9.71. The van der Waals surface area contributed by atoms with E-state index in [2.05, 4.69) is 20.9 Å². The molecule has 0 aliphatic rings. The highest BCUT2D eigenvalue weighted by Gasteiger charge is 2.06. The smallest absolute Gasteiger partial charge is 0.239 e. The molecule has 0 bridgehead atoms. The Kier molecular flexibility index (Phi) is 13.2. The first kappa shape index (κ1) is 26.2. The lowest BCUT2D eigenvalue weighted by Crippen LogP contribution is -2.43. The maximum Gasteiger partial charge on any atom is 0.239 e. The van der Waals surface area contributed by atoms with Gasteiger partial charge < -0.3 is 16.0 Å². The maximum atomic E-state index is 13.5. The van der Waals surface area contributed by atoms with Gasteiger partial charge in [-0.05, 0) is 48.4 Å². The van der Waals surface area contributed by atoms with Gasteiger partial charge in [0.05, 0.1) is 13.1 Å². The summed E-state index contributed by atoms with van der Waals surface area (Å²) < 4.78 is 13.5. The Morgan fingerprint density at radius 3 is 2.53 bits per heavy atom. The maximum absolute atomic E-state index is 13.5. The van der Waals surface area contributed by atoms with E-state index in [1.165, 1.54) is 11.6 Å². The van der Waals surface area contributed by atoms with Crippen LogP contribution in [0.3, 0.4) is 0 Å². The quantitative estimate of drug-likeness (QED) is 0.243. The number of hydrogen-bond donors (Lipinski definition) is 3. The van der Waals surface area contributed by atoms with E-state index in [9.17, 15) is 9.18 Å². The molecule has 2 aromatic rings. The van der Waals surface area contributed by atoms with Crippen molar-refractivity contribution in [2.24, 2.45) is 4.99 Å². The number of halogens is 2. The number of carbonyl (C=O) groups excluding carboxylic acids is 1. The fraction of sp³-hybridized carbons (Fsp3) is 0.364. The lowest BCUT2D eigenvalue weighted by Gasteiger charge is -2.12. The Labute approximate surface area is 199 Å². The number of benzene rings is 2. The van der Waals surface area contributed by atoms with Crippen molar-refractivity contribution < 1.29 is 9.18 Å². The van der Waals surface area contributed by atoms with E-state index in [1.807, 2.05) is 43.5 Å². The van der Waals surface area contributed by atoms with Crippen molar-refractivity contribution in [3.8, 4) is 0 Å². The van der Waals surface area contributed by atoms with Gasteiger partial charge in [0.25, 0.3) is 0 Å². The molecule has 0 unspecified atom stereocenters. The number of guanidine groups is 1. The van der Waals surface area contributed by atoms with Gasteiger partial charge in [-0.25, -0.2) is 9.38 Å². The topological polar surface area (TPSA) is 65.5 Å². The number of nitrogens with one attached hydrogen (secondary N) is 3. The molecule has 0 aliphatic heterocycles. The third-order valence-electron chi connectivity index (χ3n) is 4.21. The molecular weight excluding hydrogens is 514 g/mol. The molecule has 1 amide bonds. The van der Waals surface area contributed by atoms with E-state index in [0.717, 1.165) is 23.3 Å². The summed E-state index contributed by atoms with van der Waals surface area (Å²) in [7, 11) is 0. The van der Waals surface area contributed by atoms with Crippen LogP contribution in [-0.4, -0.2) is 37.8 Å². The third-order valence-corrected chi connectivity index (χ3v) is 4.81. The van der Waals surface area contributed by atoms with Crippen molar-refractivity contribution in [1.82, 2.24) is 16.0 Å². The van der Waals surface area contributed by atoms with Crippen molar-refractivity contribution >= 4 is 47.6 Å². The van der Waals surface area contributed by atoms with Gasteiger partial charge in [0.15, 0.2) is 5.96 Å². The second-order valence-electron chi connectivity index (χ2n) is 6.48. The molecule has 0 aromatic heterocycles. The first-order valence-corrected chi connectivity index (χ1v) is 11.1. The zero-order valence-electron chi connectivity index (χ0n) is 17.4. The van der Waals surface area contributed by atoms with E-state index in [4.69, 9.17) is 0 Å². The molecule has 3 N–H and O–H groups in total. The van der Waals surface area contributed by atoms with Crippen molar-refractivity contribution in [3.63, 3.8) is 0 Å². The van der Waals surface area contributed by atoms with Crippen LogP contribution in [0.1, 0.15) is 23.6 Å². The van der Waals surface area contributed by atoms with Crippen LogP contribution in [0.4, 0.5) is 4.39 Å². The number of nitrogens with zero attached hydrogens (tertiary/aromatic N) is 1. The third kappa shape index (κ3) is 9.80. The van der Waals surface area contributed by atoms with E-state index < -0.39 is 0 Å². The number of rotatable bonds is 10. The van der Waals surface area contributed by atoms with E-state index in [1.54, 1.807) is 23.9 Å². The first-order chi connectivity index (χ1) is 14.1. The monoisotopic (exact) mass is 544 g/mol. The Hall–Kier alpha value is -1.81. The molecule has 8 heteroatoms. The van der Waals surface area contributed by atoms with E-state index in [-0.39, 0.29) is 42.2 Å². The zero-order valence-corrected chi connectivity index (χ0v) is 20.6. The Balaban J connectivity index is 0.00000450. The fourth-order valence-corrected chi connectivity index (χ4v) is 3.34. The van der Waals surface area contributed by atoms with Crippen LogP contribution in [0.5, 0.6) is 0 Å². The van der Waals surface area contributed by atoms with E-state index in [0.29, 0.717) is 25.6 Å². The van der Waals surface area contributed by atoms with Crippen molar-refractivity contribution in [1.29, 1.82) is 0 Å². The number of carbonyl (C=O) groups is 1. The summed E-state index contributed by atoms with van der Waals surface area (Å²) in [5.41, 5.74) is 3.11. The van der Waals surface area contributed by atoms with Gasteiger partial charge in [-0.2, -0.15) is 11.8 Å². The molecule has 0 spiro atoms. The molecular formula is C22H30FIN4OS. The lowest BCUT2D eigenvalue weighted by atomic mass is 10.1. The standard InChI is InChI=1S/C22H29FN4OS.HI/c1-3-24-22(26-14-18-9-10-20(23)13-19(18)16-29-2)27-15-21(28)25-12-11-17-7-5-4-6-8-17;/h4-10,13H,3,11-12,14-16H2,1-2H3,(H,25,28)(H2,24,26,27);1H. The van der Waals surface area contributed by atoms with Crippen LogP contribution >= 0.6 is 35.7 Å². The van der Waals surface area contributed by atoms with Crippen molar-refractivity contribution in [2.45, 2.75) is 25.6 Å². The lowest BCUT2D eigenvalue weighted by molar-refractivity contribution is -0.119. The van der Waals surface area contributed by atoms with Gasteiger partial charge in [-0.3, -0.25) is 4.79 Å². The predicted molar refractivity (Wildman–Crippen MR) is 135 cm³/mol. The molecule has 2 aromatic carbocycles. The van der Waals surface area contributed by atoms with Gasteiger partial charge in [-0.1, -0.05) is 36.4 Å². The van der Waals surface area contributed by atoms with Gasteiger partial charge in [0, 0.05) is 18.8 Å². The van der Waals surface area contributed by atoms with E-state index >= 15 is 0 Å². The molecule has 2 rings (SSSR count). The summed E-state index contributed by atoms with van der Waals surface area (Å²) in [4.78, 5) is 16.6. The van der Waals surface area contributed by atoms with Gasteiger partial charge in [0.2, 0.25) is 5.91 Å². The highest BCUT2D eigenvalue weighted by atomic mass is 127. The summed E-state index contributed by atoms with van der Waals surface area (Å²) in [6.07, 6.45) is 2.78. The average molecular weight is 544 g/mol. The van der Waals surface area contributed by atoms with Crippen LogP contribution in [0.25, 0.3) is 0 Å². The number of amides is 1. The average Bonchev–Trinajstić information content (AvgIpc) is 2.72. The normalized spacial score (nSPS) is 10.8. The second-order valence-corrected chi connectivity index (χ2v) is 7.35. The predicted octanol–water partition coefficient (Wildman–Crippen LogP) is 3.72. The number of aliphatic imine (C=N–C) groups is 1. The van der Waals surface area contributed by atoms with Gasteiger partial charge in [0.1, 0.15) is 5.82 Å². The summed E-state index contributed by atoms with van der Waals surface area (Å²) in [6, 6.07) is 14.8. The minimum absolute atomic E-state index is 0. The molecule has 0 heterocycles. The van der Waals surface area contributed by atoms with Crippen LogP contribution in [0, 0.1) is 5.82 Å². The highest BCUT2D eigenvalue weighted by molar-refractivity contribution is 14.0. The molecule has 0 fully saturated rings. The van der Waals surface area contributed by atoms with Gasteiger partial charge in [-0.15, -0.1) is 24.0 Å². The van der Waals surface area contributed by atoms with Crippen LogP contribution in [-0.2, 0) is 23.5 Å². The van der Waals surface area contributed by atoms with Crippen LogP contribution < -0.4 is 16.0 Å². The summed E-state index contributed by atoms with van der Waals surface area (Å²) in [5, 5.41) is 9.09. The minimum atomic E-state index is -0.237. The van der Waals surface area contributed by atoms with Crippen LogP contribution in [0.15, 0.2) is 53.5 Å². The van der Waals surface area contributed by atoms with Crippen LogP contribution in [0.2, 0.25) is 0 Å². The molecule has 0 saturated heterocycles. The molecule has 0 radical (unpaired) electrons. The molecule has 30 heavy (non-hydrogen) atoms. The van der Waals surface area contributed by atoms with Crippen molar-refractivity contribution in [2.75, 3.05) is 25.9 Å². The molecule has 5 nitrogen and oxygen atoms in total. The molecule has 0 atom stereocenters. The minimum Gasteiger partial charge on any atom is -0.357 e.